The van der Waals surface area contributed by atoms with Crippen molar-refractivity contribution in [2.24, 2.45) is 10.5 Å². The van der Waals surface area contributed by atoms with Gasteiger partial charge in [-0.2, -0.15) is 5.10 Å². The normalized spacial score (nSPS) is 18.0. The van der Waals surface area contributed by atoms with Gasteiger partial charge in [0.2, 0.25) is 5.91 Å². The molecule has 0 radical (unpaired) electrons. The molecular formula is C32H44N4O4. The summed E-state index contributed by atoms with van der Waals surface area (Å²) in [6.07, 6.45) is 0.939. The van der Waals surface area contributed by atoms with Crippen molar-refractivity contribution in [3.8, 4) is 5.75 Å². The van der Waals surface area contributed by atoms with Crippen molar-refractivity contribution >= 4 is 17.5 Å². The Morgan fingerprint density at radius 1 is 1.07 bits per heavy atom. The number of hydrogen-bond acceptors (Lipinski definition) is 6. The van der Waals surface area contributed by atoms with Crippen LogP contribution in [-0.2, 0) is 14.3 Å². The van der Waals surface area contributed by atoms with E-state index >= 15 is 0 Å². The number of ether oxygens (including phenoxy) is 2. The predicted octanol–water partition coefficient (Wildman–Crippen LogP) is 4.59. The highest BCUT2D eigenvalue weighted by Gasteiger charge is 2.36. The second kappa shape index (κ2) is 13.0. The summed E-state index contributed by atoms with van der Waals surface area (Å²) in [7, 11) is 1.64. The van der Waals surface area contributed by atoms with E-state index in [0.29, 0.717) is 39.1 Å². The number of nitrogens with zero attached hydrogens (tertiary/aromatic N) is 4. The van der Waals surface area contributed by atoms with Crippen LogP contribution in [0.1, 0.15) is 61.9 Å². The molecule has 4 rings (SSSR count). The number of hydrogen-bond donors (Lipinski definition) is 0. The first-order chi connectivity index (χ1) is 19.1. The summed E-state index contributed by atoms with van der Waals surface area (Å²) >= 11 is 0. The number of aryl methyl sites for hydroxylation is 2. The summed E-state index contributed by atoms with van der Waals surface area (Å²) in [5.41, 5.74) is 4.98. The van der Waals surface area contributed by atoms with Crippen LogP contribution in [0.2, 0.25) is 0 Å². The van der Waals surface area contributed by atoms with Crippen molar-refractivity contribution < 1.29 is 19.1 Å². The Kier molecular flexibility index (Phi) is 9.64. The molecule has 1 fully saturated rings. The second-order valence-electron chi connectivity index (χ2n) is 12.1. The zero-order chi connectivity index (χ0) is 28.9. The van der Waals surface area contributed by atoms with E-state index in [9.17, 15) is 9.59 Å². The molecule has 8 heteroatoms. The molecule has 2 aliphatic rings. The molecule has 216 valence electrons. The maximum Gasteiger partial charge on any atom is 0.262 e. The Bertz CT molecular complexity index is 1230. The number of morpholine rings is 1. The lowest BCUT2D eigenvalue weighted by molar-refractivity contribution is -0.142. The zero-order valence-corrected chi connectivity index (χ0v) is 24.9. The third-order valence-corrected chi connectivity index (χ3v) is 7.65. The van der Waals surface area contributed by atoms with Gasteiger partial charge in [0.1, 0.15) is 12.3 Å². The molecule has 2 heterocycles. The van der Waals surface area contributed by atoms with Gasteiger partial charge in [-0.25, -0.2) is 5.01 Å². The fourth-order valence-electron chi connectivity index (χ4n) is 5.20. The average Bonchev–Trinajstić information content (AvgIpc) is 3.37. The van der Waals surface area contributed by atoms with Crippen LogP contribution < -0.4 is 4.74 Å². The fraction of sp³-hybridized carbons (Fsp3) is 0.531. The van der Waals surface area contributed by atoms with Crippen molar-refractivity contribution in [1.29, 1.82) is 0 Å². The average molecular weight is 549 g/mol. The highest BCUT2D eigenvalue weighted by atomic mass is 16.5. The minimum absolute atomic E-state index is 0.0134. The van der Waals surface area contributed by atoms with Crippen LogP contribution in [0.3, 0.4) is 0 Å². The molecule has 2 amide bonds. The monoisotopic (exact) mass is 548 g/mol. The van der Waals surface area contributed by atoms with Gasteiger partial charge in [-0.3, -0.25) is 14.5 Å². The standard InChI is InChI=1S/C32H44N4O4/c1-23-11-12-25(19-24(23)2)27-20-28(26-9-7-8-10-29(26)39-6)36(33-27)31(38)22-35(30(37)21-32(3,4)5)14-13-34-15-17-40-18-16-34/h7-12,19,28H,13-18,20-22H2,1-6H3/t28-/m0/s1. The van der Waals surface area contributed by atoms with E-state index in [4.69, 9.17) is 14.6 Å². The SMILES string of the molecule is COc1ccccc1[C@@H]1CC(c2ccc(C)c(C)c2)=NN1C(=O)CN(CCN1CCOCC1)C(=O)CC(C)(C)C. The van der Waals surface area contributed by atoms with E-state index in [0.717, 1.165) is 35.7 Å². The van der Waals surface area contributed by atoms with Crippen molar-refractivity contribution in [2.75, 3.05) is 53.0 Å². The molecule has 0 spiro atoms. The lowest BCUT2D eigenvalue weighted by atomic mass is 9.91. The fourth-order valence-corrected chi connectivity index (χ4v) is 5.20. The van der Waals surface area contributed by atoms with E-state index in [2.05, 4.69) is 36.9 Å². The Morgan fingerprint density at radius 3 is 2.48 bits per heavy atom. The third kappa shape index (κ3) is 7.49. The maximum absolute atomic E-state index is 14.0. The van der Waals surface area contributed by atoms with Crippen molar-refractivity contribution in [3.63, 3.8) is 0 Å². The van der Waals surface area contributed by atoms with Gasteiger partial charge in [0.05, 0.1) is 32.1 Å². The third-order valence-electron chi connectivity index (χ3n) is 7.65. The van der Waals surface area contributed by atoms with Gasteiger partial charge in [-0.15, -0.1) is 0 Å². The maximum atomic E-state index is 14.0. The van der Waals surface area contributed by atoms with Crippen molar-refractivity contribution in [1.82, 2.24) is 14.8 Å². The molecular weight excluding hydrogens is 504 g/mol. The first kappa shape index (κ1) is 29.7. The van der Waals surface area contributed by atoms with E-state index in [1.54, 1.807) is 17.0 Å². The highest BCUT2D eigenvalue weighted by Crippen LogP contribution is 2.37. The summed E-state index contributed by atoms with van der Waals surface area (Å²) in [5, 5.41) is 6.46. The number of methoxy groups -OCH3 is 1. The smallest absolute Gasteiger partial charge is 0.262 e. The van der Waals surface area contributed by atoms with Crippen LogP contribution in [0.5, 0.6) is 5.75 Å². The molecule has 1 atom stereocenters. The molecule has 0 unspecified atom stereocenters. The number of para-hydroxylation sites is 1. The summed E-state index contributed by atoms with van der Waals surface area (Å²) in [6, 6.07) is 13.7. The molecule has 0 aliphatic carbocycles. The molecule has 2 aromatic carbocycles. The first-order valence-corrected chi connectivity index (χ1v) is 14.2. The first-order valence-electron chi connectivity index (χ1n) is 14.2. The van der Waals surface area contributed by atoms with Crippen molar-refractivity contribution in [2.45, 2.75) is 53.5 Å². The lowest BCUT2D eigenvalue weighted by Crippen LogP contribution is -2.47. The molecule has 2 aliphatic heterocycles. The molecule has 2 aromatic rings. The minimum atomic E-state index is -0.320. The summed E-state index contributed by atoms with van der Waals surface area (Å²) in [6.45, 7) is 14.5. The number of rotatable bonds is 9. The highest BCUT2D eigenvalue weighted by molar-refractivity contribution is 6.03. The largest absolute Gasteiger partial charge is 0.496 e. The summed E-state index contributed by atoms with van der Waals surface area (Å²) in [5.74, 6) is 0.509. The van der Waals surface area contributed by atoms with Gasteiger partial charge in [-0.1, -0.05) is 51.1 Å². The Hall–Kier alpha value is -3.23. The Balaban J connectivity index is 1.62. The van der Waals surface area contributed by atoms with Gasteiger partial charge >= 0.3 is 0 Å². The minimum Gasteiger partial charge on any atom is -0.496 e. The molecule has 8 nitrogen and oxygen atoms in total. The molecule has 0 aromatic heterocycles. The summed E-state index contributed by atoms with van der Waals surface area (Å²) < 4.78 is 11.1. The van der Waals surface area contributed by atoms with Gasteiger partial charge in [0, 0.05) is 44.6 Å². The number of amides is 2. The predicted molar refractivity (Wildman–Crippen MR) is 158 cm³/mol. The zero-order valence-electron chi connectivity index (χ0n) is 24.9. The van der Waals surface area contributed by atoms with Gasteiger partial charge in [-0.05, 0) is 48.1 Å². The Morgan fingerprint density at radius 2 is 1.80 bits per heavy atom. The van der Waals surface area contributed by atoms with Gasteiger partial charge in [0.25, 0.3) is 5.91 Å². The molecule has 40 heavy (non-hydrogen) atoms. The number of hydrazone groups is 1. The van der Waals surface area contributed by atoms with Crippen LogP contribution in [0, 0.1) is 19.3 Å². The summed E-state index contributed by atoms with van der Waals surface area (Å²) in [4.78, 5) is 31.5. The lowest BCUT2D eigenvalue weighted by Gasteiger charge is -2.32. The molecule has 1 saturated heterocycles. The van der Waals surface area contributed by atoms with Gasteiger partial charge in [0.15, 0.2) is 0 Å². The molecule has 0 saturated carbocycles. The quantitative estimate of drug-likeness (QED) is 0.458. The number of benzene rings is 2. The van der Waals surface area contributed by atoms with Crippen LogP contribution >= 0.6 is 0 Å². The van der Waals surface area contributed by atoms with Crippen LogP contribution in [0.4, 0.5) is 0 Å². The number of carbonyl (C=O) groups excluding carboxylic acids is 2. The Labute approximate surface area is 238 Å². The van der Waals surface area contributed by atoms with Gasteiger partial charge < -0.3 is 14.4 Å². The van der Waals surface area contributed by atoms with E-state index in [-0.39, 0.29) is 29.8 Å². The van der Waals surface area contributed by atoms with E-state index in [1.165, 1.54) is 11.1 Å². The van der Waals surface area contributed by atoms with Crippen LogP contribution in [-0.4, -0.2) is 85.4 Å². The van der Waals surface area contributed by atoms with E-state index in [1.807, 2.05) is 45.0 Å². The number of carbonyl (C=O) groups is 2. The van der Waals surface area contributed by atoms with Crippen LogP contribution in [0.25, 0.3) is 0 Å². The van der Waals surface area contributed by atoms with Crippen LogP contribution in [0.15, 0.2) is 47.6 Å². The molecule has 0 bridgehead atoms. The van der Waals surface area contributed by atoms with E-state index < -0.39 is 0 Å². The molecule has 0 N–H and O–H groups in total. The van der Waals surface area contributed by atoms with Crippen molar-refractivity contribution in [3.05, 3.63) is 64.7 Å². The topological polar surface area (TPSA) is 74.7 Å². The second-order valence-corrected chi connectivity index (χ2v) is 12.1.